The molecule has 1 aliphatic heterocycles. The third-order valence-corrected chi connectivity index (χ3v) is 3.84. The number of nitrogens with zero attached hydrogens (tertiary/aromatic N) is 2. The van der Waals surface area contributed by atoms with Gasteiger partial charge in [0.2, 0.25) is 5.91 Å². The number of carbonyl (C=O) groups excluding carboxylic acids is 1. The van der Waals surface area contributed by atoms with Gasteiger partial charge in [-0.3, -0.25) is 4.79 Å². The van der Waals surface area contributed by atoms with Gasteiger partial charge in [0.25, 0.3) is 0 Å². The summed E-state index contributed by atoms with van der Waals surface area (Å²) in [6.07, 6.45) is 3.91. The number of hydrogen-bond acceptors (Lipinski definition) is 4. The van der Waals surface area contributed by atoms with E-state index in [0.717, 1.165) is 36.5 Å². The second-order valence-electron chi connectivity index (χ2n) is 4.00. The lowest BCUT2D eigenvalue weighted by Gasteiger charge is -2.14. The van der Waals surface area contributed by atoms with Crippen LogP contribution in [0.2, 0.25) is 0 Å². The first-order valence-electron chi connectivity index (χ1n) is 5.76. The third kappa shape index (κ3) is 3.20. The van der Waals surface area contributed by atoms with E-state index >= 15 is 0 Å². The zero-order valence-electron chi connectivity index (χ0n) is 9.63. The normalized spacial score (nSPS) is 15.2. The van der Waals surface area contributed by atoms with E-state index in [1.807, 2.05) is 11.0 Å². The monoisotopic (exact) mass is 252 g/mol. The van der Waals surface area contributed by atoms with Gasteiger partial charge in [-0.1, -0.05) is 17.8 Å². The van der Waals surface area contributed by atoms with Crippen molar-refractivity contribution in [1.29, 1.82) is 0 Å². The van der Waals surface area contributed by atoms with Gasteiger partial charge < -0.3 is 10.0 Å². The van der Waals surface area contributed by atoms with Gasteiger partial charge in [0.05, 0.1) is 12.4 Å². The summed E-state index contributed by atoms with van der Waals surface area (Å²) >= 11 is 1.40. The molecule has 92 valence electrons. The van der Waals surface area contributed by atoms with Crippen molar-refractivity contribution >= 4 is 17.7 Å². The lowest BCUT2D eigenvalue weighted by Crippen LogP contribution is -2.29. The smallest absolute Gasteiger partial charge is 0.232 e. The molecule has 17 heavy (non-hydrogen) atoms. The molecule has 2 rings (SSSR count). The maximum absolute atomic E-state index is 11.8. The van der Waals surface area contributed by atoms with E-state index in [9.17, 15) is 4.79 Å². The van der Waals surface area contributed by atoms with Crippen molar-refractivity contribution in [2.75, 3.05) is 18.8 Å². The average molecular weight is 252 g/mol. The van der Waals surface area contributed by atoms with Crippen molar-refractivity contribution < 1.29 is 9.90 Å². The minimum atomic E-state index is -0.0337. The minimum Gasteiger partial charge on any atom is -0.392 e. The Hall–Kier alpha value is -1.07. The number of pyridine rings is 1. The summed E-state index contributed by atoms with van der Waals surface area (Å²) in [7, 11) is 0. The summed E-state index contributed by atoms with van der Waals surface area (Å²) in [6.45, 7) is 1.73. The van der Waals surface area contributed by atoms with Crippen LogP contribution in [0, 0.1) is 0 Å². The molecule has 5 heteroatoms. The van der Waals surface area contributed by atoms with Crippen molar-refractivity contribution in [1.82, 2.24) is 9.88 Å². The van der Waals surface area contributed by atoms with E-state index < -0.39 is 0 Å². The average Bonchev–Trinajstić information content (AvgIpc) is 2.90. The van der Waals surface area contributed by atoms with Gasteiger partial charge in [0.15, 0.2) is 0 Å². The lowest BCUT2D eigenvalue weighted by atomic mass is 10.3. The van der Waals surface area contributed by atoms with Gasteiger partial charge in [-0.15, -0.1) is 0 Å². The molecule has 1 saturated heterocycles. The van der Waals surface area contributed by atoms with E-state index in [4.69, 9.17) is 5.11 Å². The molecule has 0 spiro atoms. The van der Waals surface area contributed by atoms with Crippen LogP contribution in [0.1, 0.15) is 18.4 Å². The van der Waals surface area contributed by atoms with Gasteiger partial charge >= 0.3 is 0 Å². The SMILES string of the molecule is O=C(CSc1ncccc1CO)N1CCCC1. The number of likely N-dealkylation sites (tertiary alicyclic amines) is 1. The highest BCUT2D eigenvalue weighted by Gasteiger charge is 2.18. The van der Waals surface area contributed by atoms with Gasteiger partial charge in [-0.25, -0.2) is 4.98 Å². The summed E-state index contributed by atoms with van der Waals surface area (Å²) in [5.41, 5.74) is 0.784. The minimum absolute atomic E-state index is 0.0337. The Morgan fingerprint density at radius 3 is 2.94 bits per heavy atom. The van der Waals surface area contributed by atoms with Crippen molar-refractivity contribution in [3.8, 4) is 0 Å². The van der Waals surface area contributed by atoms with E-state index in [1.165, 1.54) is 11.8 Å². The van der Waals surface area contributed by atoms with Crippen LogP contribution in [0.5, 0.6) is 0 Å². The van der Waals surface area contributed by atoms with Crippen LogP contribution in [0.4, 0.5) is 0 Å². The van der Waals surface area contributed by atoms with E-state index in [1.54, 1.807) is 12.3 Å². The molecule has 4 nitrogen and oxygen atoms in total. The fourth-order valence-corrected chi connectivity index (χ4v) is 2.76. The number of hydrogen-bond donors (Lipinski definition) is 1. The highest BCUT2D eigenvalue weighted by molar-refractivity contribution is 7.99. The highest BCUT2D eigenvalue weighted by atomic mass is 32.2. The zero-order valence-corrected chi connectivity index (χ0v) is 10.4. The molecule has 1 amide bonds. The molecule has 1 fully saturated rings. The molecule has 0 unspecified atom stereocenters. The van der Waals surface area contributed by atoms with Crippen molar-refractivity contribution in [3.63, 3.8) is 0 Å². The van der Waals surface area contributed by atoms with Crippen molar-refractivity contribution in [3.05, 3.63) is 23.9 Å². The molecule has 1 aromatic heterocycles. The first kappa shape index (κ1) is 12.4. The first-order chi connectivity index (χ1) is 8.31. The second-order valence-corrected chi connectivity index (χ2v) is 4.97. The Morgan fingerprint density at radius 2 is 2.24 bits per heavy atom. The Kier molecular flexibility index (Phi) is 4.39. The van der Waals surface area contributed by atoms with Gasteiger partial charge in [0, 0.05) is 24.8 Å². The molecule has 0 radical (unpaired) electrons. The molecule has 0 aromatic carbocycles. The van der Waals surface area contributed by atoms with E-state index in [0.29, 0.717) is 5.75 Å². The van der Waals surface area contributed by atoms with E-state index in [-0.39, 0.29) is 12.5 Å². The predicted octanol–water partition coefficient (Wildman–Crippen LogP) is 1.29. The maximum atomic E-state index is 11.8. The molecule has 1 aromatic rings. The Bertz CT molecular complexity index is 392. The number of carbonyl (C=O) groups is 1. The van der Waals surface area contributed by atoms with Gasteiger partial charge in [0.1, 0.15) is 5.03 Å². The lowest BCUT2D eigenvalue weighted by molar-refractivity contribution is -0.127. The standard InChI is InChI=1S/C12H16N2O2S/c15-8-10-4-3-5-13-12(10)17-9-11(16)14-6-1-2-7-14/h3-5,15H,1-2,6-9H2. The molecule has 0 bridgehead atoms. The summed E-state index contributed by atoms with van der Waals surface area (Å²) < 4.78 is 0. The summed E-state index contributed by atoms with van der Waals surface area (Å²) in [6, 6.07) is 3.62. The molecule has 1 aliphatic rings. The van der Waals surface area contributed by atoms with E-state index in [2.05, 4.69) is 4.98 Å². The van der Waals surface area contributed by atoms with Crippen LogP contribution in [-0.4, -0.2) is 39.7 Å². The second kappa shape index (κ2) is 6.02. The summed E-state index contributed by atoms with van der Waals surface area (Å²) in [4.78, 5) is 17.9. The van der Waals surface area contributed by atoms with Crippen LogP contribution in [0.25, 0.3) is 0 Å². The fourth-order valence-electron chi connectivity index (χ4n) is 1.86. The van der Waals surface area contributed by atoms with Crippen LogP contribution in [-0.2, 0) is 11.4 Å². The van der Waals surface area contributed by atoms with Crippen LogP contribution in [0.15, 0.2) is 23.4 Å². The van der Waals surface area contributed by atoms with Crippen LogP contribution in [0.3, 0.4) is 0 Å². The highest BCUT2D eigenvalue weighted by Crippen LogP contribution is 2.21. The predicted molar refractivity (Wildman–Crippen MR) is 66.7 cm³/mol. The van der Waals surface area contributed by atoms with Gasteiger partial charge in [-0.2, -0.15) is 0 Å². The Morgan fingerprint density at radius 1 is 1.47 bits per heavy atom. The molecular formula is C12H16N2O2S. The van der Waals surface area contributed by atoms with Crippen molar-refractivity contribution in [2.45, 2.75) is 24.5 Å². The Labute approximate surface area is 105 Å². The number of amides is 1. The number of aliphatic hydroxyl groups excluding tert-OH is 1. The molecule has 0 atom stereocenters. The number of thioether (sulfide) groups is 1. The molecular weight excluding hydrogens is 236 g/mol. The summed E-state index contributed by atoms with van der Waals surface area (Å²) in [5, 5.41) is 9.90. The first-order valence-corrected chi connectivity index (χ1v) is 6.75. The Balaban J connectivity index is 1.90. The molecule has 2 heterocycles. The number of aliphatic hydroxyl groups is 1. The van der Waals surface area contributed by atoms with Crippen LogP contribution >= 0.6 is 11.8 Å². The maximum Gasteiger partial charge on any atom is 0.232 e. The summed E-state index contributed by atoms with van der Waals surface area (Å²) in [5.74, 6) is 0.575. The quantitative estimate of drug-likeness (QED) is 0.820. The molecule has 0 aliphatic carbocycles. The fraction of sp³-hybridized carbons (Fsp3) is 0.500. The zero-order chi connectivity index (χ0) is 12.1. The molecule has 1 N–H and O–H groups in total. The van der Waals surface area contributed by atoms with Crippen molar-refractivity contribution in [2.24, 2.45) is 0 Å². The molecule has 0 saturated carbocycles. The topological polar surface area (TPSA) is 53.4 Å². The van der Waals surface area contributed by atoms with Crippen LogP contribution < -0.4 is 0 Å². The third-order valence-electron chi connectivity index (χ3n) is 2.81. The number of aromatic nitrogens is 1. The largest absolute Gasteiger partial charge is 0.392 e. The number of rotatable bonds is 4. The van der Waals surface area contributed by atoms with Gasteiger partial charge in [-0.05, 0) is 18.9 Å².